The molecule has 0 bridgehead atoms. The maximum absolute atomic E-state index is 14.5. The maximum atomic E-state index is 14.5. The van der Waals surface area contributed by atoms with E-state index in [1.54, 1.807) is 6.92 Å². The number of primary amides is 2. The Morgan fingerprint density at radius 2 is 0.698 bits per heavy atom. The average Bonchev–Trinajstić information content (AvgIpc) is 0.892. The standard InChI is InChI=1S/C68H113N19O29/c1-5-32(2)53(86-67(114)54(34(4)90)87-64(111)43(19-25-52(100)101)82-59(106)37(12-7-9-27-70)78-65(112)44(30-88)84-56(103)35-13-10-28-73-35)66(113)83-42(18-24-51(98)99)63(110)80-40(15-21-47(72)92)61(108)81-41(17-23-50(96)97)62(109)77-36(11-6-8-26-69)58(105)79-39(14-20-46(71)91)57(104)75-33(3)55(102)74-29-48(93)76-38(16-22-49(94)95)60(107)85-45(31-89)68(115)116/h32-45,53-54,73,88-90H,5-31,69-70H2,1-4H3,(H2,71,91)(H2,72,92)(H,74,102)(H,75,104)(H,76,93)(H,77,109)(H,78,112)(H,79,105)(H,80,110)(H,81,108)(H,82,106)(H,83,113)(H,84,103)(H,85,107)(H,86,114)(H,87,111)(H,94,95)(H,96,97)(H,98,99)(H,100,101)(H,115,116)/t32-,33-,34+,35-,36-,37-,38-,39-,40-,41-,42-,43-,44-,45-,53-,54-/m0/s1. The Balaban J connectivity index is 3.66. The molecule has 1 heterocycles. The highest BCUT2D eigenvalue weighted by molar-refractivity contribution is 6.01. The molecule has 16 amide bonds. The lowest BCUT2D eigenvalue weighted by Crippen LogP contribution is -2.63. The first-order chi connectivity index (χ1) is 54.5. The molecule has 16 atom stereocenters. The van der Waals surface area contributed by atoms with Crippen LogP contribution in [-0.2, 0) is 101 Å². The molecule has 1 aliphatic heterocycles. The van der Waals surface area contributed by atoms with Crippen molar-refractivity contribution in [2.45, 2.75) is 253 Å². The minimum atomic E-state index is -2.04. The van der Waals surface area contributed by atoms with E-state index in [2.05, 4.69) is 74.4 Å². The Hall–Kier alpha value is -11.4. The highest BCUT2D eigenvalue weighted by atomic mass is 16.4. The summed E-state index contributed by atoms with van der Waals surface area (Å²) in [6, 6.07) is -23.9. The van der Waals surface area contributed by atoms with E-state index < -0.39 is 318 Å². The summed E-state index contributed by atoms with van der Waals surface area (Å²) in [7, 11) is 0. The van der Waals surface area contributed by atoms with Crippen LogP contribution in [0.2, 0.25) is 0 Å². The number of carboxylic acids is 5. The van der Waals surface area contributed by atoms with Crippen molar-refractivity contribution in [2.75, 3.05) is 39.4 Å². The molecule has 0 spiro atoms. The van der Waals surface area contributed by atoms with Gasteiger partial charge in [-0.1, -0.05) is 20.3 Å². The van der Waals surface area contributed by atoms with Gasteiger partial charge >= 0.3 is 29.8 Å². The van der Waals surface area contributed by atoms with Crippen LogP contribution >= 0.6 is 0 Å². The SMILES string of the molecule is CC[C@H](C)[C@H](NC(=O)[C@@H](NC(=O)[C@H](CCC(=O)O)NC(=O)[C@H](CCCCN)NC(=O)[C@H](CO)NC(=O)[C@@H]1CCCN1)[C@@H](C)O)C(=O)N[C@@H](CCC(=O)O)C(=O)N[C@@H](CCC(N)=O)C(=O)N[C@@H](CCC(=O)O)C(=O)N[C@@H](CCCCN)C(=O)N[C@@H](CCC(N)=O)C(=O)N[C@@H](C)C(=O)NCC(=O)N[C@@H](CCC(=O)O)C(=O)N[C@@H](CO)C(=O)O. The number of aliphatic hydroxyl groups excluding tert-OH is 3. The van der Waals surface area contributed by atoms with Crippen LogP contribution in [0.1, 0.15) is 163 Å². The van der Waals surface area contributed by atoms with Gasteiger partial charge in [-0.15, -0.1) is 0 Å². The molecule has 1 rings (SSSR count). The monoisotopic (exact) mass is 1660 g/mol. The number of carbonyl (C=O) groups excluding carboxylic acids is 16. The van der Waals surface area contributed by atoms with Gasteiger partial charge in [0.2, 0.25) is 94.5 Å². The van der Waals surface area contributed by atoms with Crippen LogP contribution < -0.4 is 103 Å². The van der Waals surface area contributed by atoms with Crippen LogP contribution in [0.15, 0.2) is 0 Å². The summed E-state index contributed by atoms with van der Waals surface area (Å²) in [5.41, 5.74) is 22.1. The van der Waals surface area contributed by atoms with E-state index in [9.17, 15) is 136 Å². The minimum absolute atomic E-state index is 0.0261. The molecule has 0 aromatic rings. The second kappa shape index (κ2) is 54.4. The predicted molar refractivity (Wildman–Crippen MR) is 398 cm³/mol. The van der Waals surface area contributed by atoms with Crippen LogP contribution in [0.5, 0.6) is 0 Å². The summed E-state index contributed by atoms with van der Waals surface area (Å²) in [6.45, 7) is 2.84. The summed E-state index contributed by atoms with van der Waals surface area (Å²) >= 11 is 0. The molecule has 0 saturated carbocycles. The van der Waals surface area contributed by atoms with Crippen molar-refractivity contribution < 1.29 is 142 Å². The number of hydrogen-bond acceptors (Lipinski definition) is 27. The Labute approximate surface area is 665 Å². The number of hydrogen-bond donors (Lipinski definition) is 27. The summed E-state index contributed by atoms with van der Waals surface area (Å²) in [5.74, 6) is -27.0. The number of unbranched alkanes of at least 4 members (excludes halogenated alkanes) is 2. The number of nitrogens with two attached hydrogens (primary N) is 4. The third-order valence-electron chi connectivity index (χ3n) is 17.9. The number of nitrogens with one attached hydrogen (secondary N) is 15. The summed E-state index contributed by atoms with van der Waals surface area (Å²) in [6.07, 6.45) is -9.07. The quantitative estimate of drug-likeness (QED) is 0.0251. The average molecular weight is 1660 g/mol. The molecule has 0 aliphatic carbocycles. The van der Waals surface area contributed by atoms with Gasteiger partial charge in [0.25, 0.3) is 0 Å². The third kappa shape index (κ3) is 40.1. The first-order valence-corrected chi connectivity index (χ1v) is 37.5. The van der Waals surface area contributed by atoms with Crippen LogP contribution in [0, 0.1) is 5.92 Å². The van der Waals surface area contributed by atoms with Crippen LogP contribution in [0.4, 0.5) is 0 Å². The number of rotatable bonds is 60. The molecule has 654 valence electrons. The molecule has 1 fully saturated rings. The van der Waals surface area contributed by atoms with E-state index in [-0.39, 0.29) is 51.6 Å². The number of aliphatic hydroxyl groups is 3. The van der Waals surface area contributed by atoms with Crippen molar-refractivity contribution in [3.63, 3.8) is 0 Å². The number of carboxylic acid groups (broad SMARTS) is 5. The van der Waals surface area contributed by atoms with E-state index >= 15 is 0 Å². The summed E-state index contributed by atoms with van der Waals surface area (Å²) < 4.78 is 0. The van der Waals surface area contributed by atoms with E-state index in [0.717, 1.165) is 13.8 Å². The van der Waals surface area contributed by atoms with Gasteiger partial charge in [-0.05, 0) is 129 Å². The smallest absolute Gasteiger partial charge is 0.328 e. The lowest BCUT2D eigenvalue weighted by Gasteiger charge is -2.30. The minimum Gasteiger partial charge on any atom is -0.481 e. The van der Waals surface area contributed by atoms with E-state index in [1.807, 2.05) is 5.32 Å². The molecule has 1 aliphatic rings. The Morgan fingerprint density at radius 3 is 1.03 bits per heavy atom. The first kappa shape index (κ1) is 103. The Kier molecular flexibility index (Phi) is 48.1. The Bertz CT molecular complexity index is 3420. The van der Waals surface area contributed by atoms with Crippen LogP contribution in [0.3, 0.4) is 0 Å². The normalized spacial score (nSPS) is 16.2. The van der Waals surface area contributed by atoms with Gasteiger partial charge in [0, 0.05) is 38.5 Å². The van der Waals surface area contributed by atoms with Crippen molar-refractivity contribution >= 4 is 124 Å². The molecule has 48 nitrogen and oxygen atoms in total. The zero-order valence-electron chi connectivity index (χ0n) is 64.8. The van der Waals surface area contributed by atoms with E-state index in [4.69, 9.17) is 28.0 Å². The van der Waals surface area contributed by atoms with Gasteiger partial charge in [-0.2, -0.15) is 0 Å². The van der Waals surface area contributed by atoms with Gasteiger partial charge in [0.15, 0.2) is 0 Å². The molecule has 0 unspecified atom stereocenters. The molecular formula is C68H113N19O29. The second-order valence-corrected chi connectivity index (χ2v) is 27.4. The van der Waals surface area contributed by atoms with Gasteiger partial charge in [0.1, 0.15) is 78.5 Å². The van der Waals surface area contributed by atoms with Gasteiger partial charge in [-0.3, -0.25) is 95.9 Å². The zero-order chi connectivity index (χ0) is 88.1. The van der Waals surface area contributed by atoms with Crippen molar-refractivity contribution in [1.82, 2.24) is 79.8 Å². The highest BCUT2D eigenvalue weighted by Crippen LogP contribution is 2.15. The molecule has 116 heavy (non-hydrogen) atoms. The number of aliphatic carboxylic acids is 5. The van der Waals surface area contributed by atoms with E-state index in [1.165, 1.54) is 6.92 Å². The first-order valence-electron chi connectivity index (χ1n) is 37.5. The number of carbonyl (C=O) groups is 21. The molecule has 0 aromatic heterocycles. The van der Waals surface area contributed by atoms with Crippen molar-refractivity contribution in [2.24, 2.45) is 28.9 Å². The fraction of sp³-hybridized carbons (Fsp3) is 0.691. The molecule has 48 heteroatoms. The molecule has 31 N–H and O–H groups in total. The van der Waals surface area contributed by atoms with Gasteiger partial charge in [0.05, 0.1) is 31.9 Å². The third-order valence-corrected chi connectivity index (χ3v) is 17.9. The van der Waals surface area contributed by atoms with Crippen molar-refractivity contribution in [1.29, 1.82) is 0 Å². The molecule has 0 radical (unpaired) electrons. The summed E-state index contributed by atoms with van der Waals surface area (Å²) in [5, 5.41) is 112. The van der Waals surface area contributed by atoms with Gasteiger partial charge < -0.3 is 144 Å². The molecule has 0 aromatic carbocycles. The van der Waals surface area contributed by atoms with Gasteiger partial charge in [-0.25, -0.2) is 4.79 Å². The largest absolute Gasteiger partial charge is 0.481 e. The Morgan fingerprint density at radius 1 is 0.379 bits per heavy atom. The van der Waals surface area contributed by atoms with Crippen molar-refractivity contribution in [3.05, 3.63) is 0 Å². The zero-order valence-corrected chi connectivity index (χ0v) is 64.8. The highest BCUT2D eigenvalue weighted by Gasteiger charge is 2.40. The molecular weight excluding hydrogens is 1550 g/mol. The fourth-order valence-electron chi connectivity index (χ4n) is 11.1. The fourth-order valence-corrected chi connectivity index (χ4v) is 11.1. The summed E-state index contributed by atoms with van der Waals surface area (Å²) in [4.78, 5) is 276. The maximum Gasteiger partial charge on any atom is 0.328 e. The number of amides is 16. The second-order valence-electron chi connectivity index (χ2n) is 27.4. The molecule has 1 saturated heterocycles. The van der Waals surface area contributed by atoms with E-state index in [0.29, 0.717) is 25.8 Å². The lowest BCUT2D eigenvalue weighted by atomic mass is 9.96. The lowest BCUT2D eigenvalue weighted by molar-refractivity contribution is -0.144. The van der Waals surface area contributed by atoms with Crippen molar-refractivity contribution in [3.8, 4) is 0 Å². The predicted octanol–water partition coefficient (Wildman–Crippen LogP) is -11.1. The van der Waals surface area contributed by atoms with Crippen LogP contribution in [0.25, 0.3) is 0 Å². The topological polar surface area (TPSA) is 805 Å². The van der Waals surface area contributed by atoms with Crippen LogP contribution in [-0.4, -0.2) is 295 Å².